The molecule has 1 saturated carbocycles. The number of piperidine rings is 1. The van der Waals surface area contributed by atoms with Crippen molar-refractivity contribution in [2.24, 2.45) is 5.92 Å². The molecule has 12 heteroatoms. The van der Waals surface area contributed by atoms with Gasteiger partial charge in [-0.05, 0) is 105 Å². The van der Waals surface area contributed by atoms with Crippen LogP contribution in [0, 0.1) is 5.92 Å². The van der Waals surface area contributed by atoms with E-state index in [2.05, 4.69) is 34.5 Å². The fraction of sp³-hybridized carbons (Fsp3) is 0.512. The van der Waals surface area contributed by atoms with E-state index in [9.17, 15) is 18.0 Å². The summed E-state index contributed by atoms with van der Waals surface area (Å²) in [6.45, 7) is 8.39. The molecule has 2 amide bonds. The summed E-state index contributed by atoms with van der Waals surface area (Å²) in [4.78, 5) is 30.8. The molecular weight excluding hydrogens is 712 g/mol. The van der Waals surface area contributed by atoms with Crippen molar-refractivity contribution >= 4 is 33.6 Å². The maximum absolute atomic E-state index is 14.3. The van der Waals surface area contributed by atoms with Crippen molar-refractivity contribution < 1.29 is 27.5 Å². The number of alkyl carbamates (subject to hydrolysis) is 1. The van der Waals surface area contributed by atoms with Gasteiger partial charge in [0, 0.05) is 50.3 Å². The first-order valence-electron chi connectivity index (χ1n) is 18.9. The van der Waals surface area contributed by atoms with Gasteiger partial charge in [-0.25, -0.2) is 13.2 Å². The molecule has 0 bridgehead atoms. The molecule has 3 aromatic carbocycles. The first kappa shape index (κ1) is 39.1. The number of sulfonamides is 1. The Kier molecular flexibility index (Phi) is 12.7. The maximum atomic E-state index is 14.3. The first-order chi connectivity index (χ1) is 25.3. The molecule has 0 aromatic heterocycles. The molecule has 3 fully saturated rings. The van der Waals surface area contributed by atoms with Crippen LogP contribution < -0.4 is 10.1 Å². The molecule has 3 aliphatic rings. The van der Waals surface area contributed by atoms with Gasteiger partial charge in [0.15, 0.2) is 0 Å². The predicted molar refractivity (Wildman–Crippen MR) is 207 cm³/mol. The molecule has 3 aromatic rings. The van der Waals surface area contributed by atoms with Gasteiger partial charge in [-0.1, -0.05) is 67.3 Å². The Morgan fingerprint density at radius 3 is 2.06 bits per heavy atom. The average Bonchev–Trinajstić information content (AvgIpc) is 3.14. The maximum Gasteiger partial charge on any atom is 0.407 e. The van der Waals surface area contributed by atoms with Crippen LogP contribution >= 0.6 is 11.6 Å². The highest BCUT2D eigenvalue weighted by Crippen LogP contribution is 2.29. The van der Waals surface area contributed by atoms with Crippen LogP contribution in [0.5, 0.6) is 5.75 Å². The van der Waals surface area contributed by atoms with Crippen LogP contribution in [-0.4, -0.2) is 91.5 Å². The van der Waals surface area contributed by atoms with E-state index in [4.69, 9.17) is 21.1 Å². The van der Waals surface area contributed by atoms with Gasteiger partial charge in [0.25, 0.3) is 0 Å². The summed E-state index contributed by atoms with van der Waals surface area (Å²) in [5.74, 6) is 0.964. The second kappa shape index (κ2) is 17.2. The Bertz CT molecular complexity index is 1780. The highest BCUT2D eigenvalue weighted by molar-refractivity contribution is 7.89. The number of hydrogen-bond donors (Lipinski definition) is 1. The number of amides is 2. The van der Waals surface area contributed by atoms with Gasteiger partial charge in [0.2, 0.25) is 15.9 Å². The van der Waals surface area contributed by atoms with Crippen LogP contribution in [0.15, 0.2) is 77.7 Å². The fourth-order valence-electron chi connectivity index (χ4n) is 7.50. The lowest BCUT2D eigenvalue weighted by Crippen LogP contribution is -2.61. The number of hydrogen-bond acceptors (Lipinski definition) is 7. The fourth-order valence-corrected chi connectivity index (χ4v) is 9.19. The molecule has 53 heavy (non-hydrogen) atoms. The Balaban J connectivity index is 1.15. The van der Waals surface area contributed by atoms with Crippen LogP contribution in [0.1, 0.15) is 71.3 Å². The second-order valence-electron chi connectivity index (χ2n) is 15.6. The van der Waals surface area contributed by atoms with E-state index in [1.54, 1.807) is 29.2 Å². The number of nitrogens with zero attached hydrogens (tertiary/aromatic N) is 3. The Labute approximate surface area is 319 Å². The number of nitrogens with one attached hydrogen (secondary N) is 1. The summed E-state index contributed by atoms with van der Waals surface area (Å²) < 4.78 is 41.4. The number of rotatable bonds is 10. The smallest absolute Gasteiger partial charge is 0.407 e. The Hall–Kier alpha value is -3.64. The van der Waals surface area contributed by atoms with E-state index in [0.717, 1.165) is 16.7 Å². The molecule has 2 aliphatic heterocycles. The predicted octanol–water partition coefficient (Wildman–Crippen LogP) is 7.36. The standard InChI is InChI=1S/C41H53ClN4O6S/c1-41(2,3)52-40(48)43-35-21-23-45(24-22-35)39(47)38-28-44(27-30-9-11-32(12-10-30)33-13-15-34(42)16-14-33)25-26-46(38)53(49,50)37-19-17-36(18-20-37)51-29-31-7-5-4-6-8-31/h9-20,31,35,38H,4-8,21-29H2,1-3H3,(H,43,48)/t38-/m1/s1. The second-order valence-corrected chi connectivity index (χ2v) is 17.9. The van der Waals surface area contributed by atoms with Crippen LogP contribution in [0.25, 0.3) is 11.1 Å². The minimum atomic E-state index is -4.01. The number of carbonyl (C=O) groups is 2. The van der Waals surface area contributed by atoms with Crippen molar-refractivity contribution in [1.29, 1.82) is 0 Å². The Morgan fingerprint density at radius 1 is 0.811 bits per heavy atom. The molecule has 6 rings (SSSR count). The summed E-state index contributed by atoms with van der Waals surface area (Å²) in [5, 5.41) is 3.61. The van der Waals surface area contributed by atoms with Crippen LogP contribution in [-0.2, 0) is 26.1 Å². The van der Waals surface area contributed by atoms with E-state index in [1.165, 1.54) is 36.4 Å². The van der Waals surface area contributed by atoms with E-state index in [1.807, 2.05) is 45.0 Å². The van der Waals surface area contributed by atoms with E-state index in [0.29, 0.717) is 62.3 Å². The molecule has 1 atom stereocenters. The molecule has 10 nitrogen and oxygen atoms in total. The third kappa shape index (κ3) is 10.5. The molecule has 286 valence electrons. The zero-order chi connectivity index (χ0) is 37.6. The summed E-state index contributed by atoms with van der Waals surface area (Å²) in [7, 11) is -4.01. The lowest BCUT2D eigenvalue weighted by molar-refractivity contribution is -0.138. The summed E-state index contributed by atoms with van der Waals surface area (Å²) >= 11 is 6.08. The quantitative estimate of drug-likeness (QED) is 0.230. The topological polar surface area (TPSA) is 108 Å². The lowest BCUT2D eigenvalue weighted by Gasteiger charge is -2.42. The van der Waals surface area contributed by atoms with Crippen molar-refractivity contribution in [2.45, 2.75) is 94.8 Å². The van der Waals surface area contributed by atoms with Gasteiger partial charge in [0.1, 0.15) is 17.4 Å². The van der Waals surface area contributed by atoms with Crippen molar-refractivity contribution in [1.82, 2.24) is 19.4 Å². The van der Waals surface area contributed by atoms with Gasteiger partial charge in [-0.3, -0.25) is 9.69 Å². The number of carbonyl (C=O) groups excluding carboxylic acids is 2. The zero-order valence-electron chi connectivity index (χ0n) is 31.1. The minimum absolute atomic E-state index is 0.133. The molecule has 0 spiro atoms. The molecule has 0 radical (unpaired) electrons. The zero-order valence-corrected chi connectivity index (χ0v) is 32.7. The van der Waals surface area contributed by atoms with Gasteiger partial charge < -0.3 is 19.7 Å². The van der Waals surface area contributed by atoms with Crippen molar-refractivity contribution in [3.05, 3.63) is 83.4 Å². The van der Waals surface area contributed by atoms with Gasteiger partial charge in [0.05, 0.1) is 11.5 Å². The molecule has 2 saturated heterocycles. The molecule has 2 heterocycles. The van der Waals surface area contributed by atoms with Crippen molar-refractivity contribution in [2.75, 3.05) is 39.3 Å². The van der Waals surface area contributed by atoms with Crippen LogP contribution in [0.4, 0.5) is 4.79 Å². The normalized spacial score (nSPS) is 19.8. The van der Waals surface area contributed by atoms with Crippen LogP contribution in [0.2, 0.25) is 5.02 Å². The largest absolute Gasteiger partial charge is 0.493 e. The lowest BCUT2D eigenvalue weighted by atomic mass is 9.90. The van der Waals surface area contributed by atoms with Gasteiger partial charge >= 0.3 is 6.09 Å². The number of halogens is 1. The minimum Gasteiger partial charge on any atom is -0.493 e. The monoisotopic (exact) mass is 764 g/mol. The van der Waals surface area contributed by atoms with Crippen molar-refractivity contribution in [3.8, 4) is 16.9 Å². The number of benzene rings is 3. The van der Waals surface area contributed by atoms with E-state index in [-0.39, 0.29) is 29.9 Å². The third-order valence-corrected chi connectivity index (χ3v) is 12.6. The molecule has 1 N–H and O–H groups in total. The average molecular weight is 765 g/mol. The number of likely N-dealkylation sites (tertiary alicyclic amines) is 1. The third-order valence-electron chi connectivity index (χ3n) is 10.4. The summed E-state index contributed by atoms with van der Waals surface area (Å²) in [6, 6.07) is 21.6. The van der Waals surface area contributed by atoms with Gasteiger partial charge in [-0.2, -0.15) is 4.31 Å². The highest BCUT2D eigenvalue weighted by atomic mass is 35.5. The van der Waals surface area contributed by atoms with E-state index >= 15 is 0 Å². The molecule has 1 aliphatic carbocycles. The molecular formula is C41H53ClN4O6S. The Morgan fingerprint density at radius 2 is 1.43 bits per heavy atom. The van der Waals surface area contributed by atoms with Crippen LogP contribution in [0.3, 0.4) is 0 Å². The number of ether oxygens (including phenoxy) is 2. The summed E-state index contributed by atoms with van der Waals surface area (Å²) in [5.41, 5.74) is 2.61. The summed E-state index contributed by atoms with van der Waals surface area (Å²) in [6.07, 6.45) is 6.71. The first-order valence-corrected chi connectivity index (χ1v) is 20.8. The highest BCUT2D eigenvalue weighted by Gasteiger charge is 2.42. The van der Waals surface area contributed by atoms with E-state index < -0.39 is 27.8 Å². The van der Waals surface area contributed by atoms with Gasteiger partial charge in [-0.15, -0.1) is 0 Å². The molecule has 0 unspecified atom stereocenters. The number of piperazine rings is 1. The van der Waals surface area contributed by atoms with Crippen molar-refractivity contribution in [3.63, 3.8) is 0 Å². The SMILES string of the molecule is CC(C)(C)OC(=O)NC1CCN(C(=O)[C@H]2CN(Cc3ccc(-c4ccc(Cl)cc4)cc3)CCN2S(=O)(=O)c2ccc(OCC3CCCCC3)cc2)CC1.